The summed E-state index contributed by atoms with van der Waals surface area (Å²) in [5.41, 5.74) is 0. The molecule has 0 spiro atoms. The van der Waals surface area contributed by atoms with Crippen LogP contribution in [-0.4, -0.2) is 31.8 Å². The first-order chi connectivity index (χ1) is 9.79. The molecule has 1 aliphatic heterocycles. The lowest BCUT2D eigenvalue weighted by Gasteiger charge is -2.26. The van der Waals surface area contributed by atoms with E-state index in [1.54, 1.807) is 0 Å². The molecule has 110 valence electrons. The first-order valence-corrected chi connectivity index (χ1v) is 7.19. The molecule has 2 N–H and O–H groups in total. The van der Waals surface area contributed by atoms with Gasteiger partial charge in [0.1, 0.15) is 6.61 Å². The summed E-state index contributed by atoms with van der Waals surface area (Å²) in [6, 6.07) is 7.40. The van der Waals surface area contributed by atoms with Gasteiger partial charge in [0, 0.05) is 6.54 Å². The summed E-state index contributed by atoms with van der Waals surface area (Å²) in [6.07, 6.45) is 3.15. The summed E-state index contributed by atoms with van der Waals surface area (Å²) in [6.45, 7) is 3.74. The third-order valence-electron chi connectivity index (χ3n) is 3.12. The zero-order valence-electron chi connectivity index (χ0n) is 11.9. The van der Waals surface area contributed by atoms with E-state index in [2.05, 4.69) is 17.6 Å². The van der Waals surface area contributed by atoms with Crippen LogP contribution in [0.3, 0.4) is 0 Å². The molecule has 0 bridgehead atoms. The molecule has 1 aliphatic rings. The molecule has 0 unspecified atom stereocenters. The summed E-state index contributed by atoms with van der Waals surface area (Å²) in [4.78, 5) is 11.6. The molecular weight excluding hydrogens is 256 g/mol. The van der Waals surface area contributed by atoms with Gasteiger partial charge in [-0.25, -0.2) is 4.79 Å². The normalized spacial score (nSPS) is 16.6. The number of rotatable bonds is 6. The van der Waals surface area contributed by atoms with Crippen LogP contribution in [0.15, 0.2) is 24.3 Å². The zero-order valence-corrected chi connectivity index (χ0v) is 11.9. The summed E-state index contributed by atoms with van der Waals surface area (Å²) in [5.74, 6) is 1.49. The van der Waals surface area contributed by atoms with Crippen molar-refractivity contribution in [3.05, 3.63) is 24.3 Å². The fourth-order valence-electron chi connectivity index (χ4n) is 2.01. The number of benzene rings is 1. The highest BCUT2D eigenvalue weighted by Crippen LogP contribution is 2.30. The van der Waals surface area contributed by atoms with Gasteiger partial charge < -0.3 is 20.1 Å². The molecular formula is C15H22N2O3. The van der Waals surface area contributed by atoms with Gasteiger partial charge in [-0.1, -0.05) is 31.9 Å². The molecule has 5 heteroatoms. The Labute approximate surface area is 119 Å². The Balaban J connectivity index is 1.67. The molecule has 0 fully saturated rings. The van der Waals surface area contributed by atoms with Crippen LogP contribution in [0.4, 0.5) is 4.79 Å². The Morgan fingerprint density at radius 2 is 2.05 bits per heavy atom. The minimum Gasteiger partial charge on any atom is -0.486 e. The maximum atomic E-state index is 11.6. The van der Waals surface area contributed by atoms with Crippen molar-refractivity contribution in [2.24, 2.45) is 0 Å². The van der Waals surface area contributed by atoms with Crippen LogP contribution in [0.25, 0.3) is 0 Å². The molecule has 2 rings (SSSR count). The molecule has 2 amide bonds. The molecule has 0 aliphatic carbocycles. The second-order valence-corrected chi connectivity index (χ2v) is 4.84. The number of para-hydroxylation sites is 2. The van der Waals surface area contributed by atoms with Crippen molar-refractivity contribution in [3.8, 4) is 11.5 Å². The van der Waals surface area contributed by atoms with Crippen LogP contribution in [0.2, 0.25) is 0 Å². The van der Waals surface area contributed by atoms with E-state index in [1.807, 2.05) is 24.3 Å². The van der Waals surface area contributed by atoms with E-state index in [4.69, 9.17) is 9.47 Å². The number of carbonyl (C=O) groups is 1. The predicted octanol–water partition coefficient (Wildman–Crippen LogP) is 2.32. The molecule has 0 saturated carbocycles. The number of urea groups is 1. The van der Waals surface area contributed by atoms with Crippen molar-refractivity contribution in [3.63, 3.8) is 0 Å². The molecule has 0 saturated heterocycles. The fraction of sp³-hybridized carbons (Fsp3) is 0.533. The number of carbonyl (C=O) groups excluding carboxylic acids is 1. The zero-order chi connectivity index (χ0) is 14.2. The Morgan fingerprint density at radius 1 is 1.25 bits per heavy atom. The van der Waals surface area contributed by atoms with Gasteiger partial charge in [0.2, 0.25) is 0 Å². The standard InChI is InChI=1S/C15H22N2O3/c1-2-3-6-9-16-15(18)17-10-12-11-19-13-7-4-5-8-14(13)20-12/h4-5,7-8,12H,2-3,6,9-11H2,1H3,(H2,16,17,18)/t12-/m1/s1. The fourth-order valence-corrected chi connectivity index (χ4v) is 2.01. The van der Waals surface area contributed by atoms with Gasteiger partial charge in [-0.2, -0.15) is 0 Å². The molecule has 20 heavy (non-hydrogen) atoms. The highest BCUT2D eigenvalue weighted by Gasteiger charge is 2.20. The van der Waals surface area contributed by atoms with Gasteiger partial charge >= 0.3 is 6.03 Å². The largest absolute Gasteiger partial charge is 0.486 e. The highest BCUT2D eigenvalue weighted by atomic mass is 16.6. The van der Waals surface area contributed by atoms with Crippen LogP contribution in [0, 0.1) is 0 Å². The predicted molar refractivity (Wildman–Crippen MR) is 77.3 cm³/mol. The van der Waals surface area contributed by atoms with Crippen LogP contribution in [-0.2, 0) is 0 Å². The maximum absolute atomic E-state index is 11.6. The Morgan fingerprint density at radius 3 is 2.85 bits per heavy atom. The molecule has 0 radical (unpaired) electrons. The SMILES string of the molecule is CCCCCNC(=O)NC[C@@H]1COc2ccccc2O1. The van der Waals surface area contributed by atoms with E-state index in [1.165, 1.54) is 0 Å². The molecule has 1 aromatic rings. The van der Waals surface area contributed by atoms with Crippen molar-refractivity contribution < 1.29 is 14.3 Å². The molecule has 1 atom stereocenters. The van der Waals surface area contributed by atoms with Crippen molar-refractivity contribution in [2.75, 3.05) is 19.7 Å². The third-order valence-corrected chi connectivity index (χ3v) is 3.12. The van der Waals surface area contributed by atoms with Crippen LogP contribution in [0.5, 0.6) is 11.5 Å². The Bertz CT molecular complexity index is 437. The van der Waals surface area contributed by atoms with Gasteiger partial charge in [0.25, 0.3) is 0 Å². The van der Waals surface area contributed by atoms with Gasteiger partial charge in [-0.15, -0.1) is 0 Å². The number of amides is 2. The van der Waals surface area contributed by atoms with E-state index >= 15 is 0 Å². The first-order valence-electron chi connectivity index (χ1n) is 7.19. The van der Waals surface area contributed by atoms with E-state index < -0.39 is 0 Å². The minimum atomic E-state index is -0.149. The number of ether oxygens (including phenoxy) is 2. The lowest BCUT2D eigenvalue weighted by atomic mass is 10.2. The van der Waals surface area contributed by atoms with Gasteiger partial charge in [0.05, 0.1) is 6.54 Å². The van der Waals surface area contributed by atoms with Crippen molar-refractivity contribution in [1.29, 1.82) is 0 Å². The quantitative estimate of drug-likeness (QED) is 0.785. The number of fused-ring (bicyclic) bond motifs is 1. The number of hydrogen-bond acceptors (Lipinski definition) is 3. The van der Waals surface area contributed by atoms with Gasteiger partial charge in [-0.3, -0.25) is 0 Å². The summed E-state index contributed by atoms with van der Waals surface area (Å²) in [7, 11) is 0. The topological polar surface area (TPSA) is 59.6 Å². The Hall–Kier alpha value is -1.91. The highest BCUT2D eigenvalue weighted by molar-refractivity contribution is 5.73. The van der Waals surface area contributed by atoms with Gasteiger partial charge in [0.15, 0.2) is 17.6 Å². The summed E-state index contributed by atoms with van der Waals surface area (Å²) in [5, 5.41) is 5.63. The number of nitrogens with one attached hydrogen (secondary N) is 2. The van der Waals surface area contributed by atoms with Crippen LogP contribution in [0.1, 0.15) is 26.2 Å². The van der Waals surface area contributed by atoms with E-state index in [9.17, 15) is 4.79 Å². The summed E-state index contributed by atoms with van der Waals surface area (Å²) < 4.78 is 11.3. The van der Waals surface area contributed by atoms with Crippen molar-refractivity contribution in [2.45, 2.75) is 32.3 Å². The molecule has 0 aromatic heterocycles. The third kappa shape index (κ3) is 4.33. The van der Waals surface area contributed by atoms with E-state index in [0.29, 0.717) is 19.7 Å². The summed E-state index contributed by atoms with van der Waals surface area (Å²) >= 11 is 0. The van der Waals surface area contributed by atoms with E-state index in [0.717, 1.165) is 30.8 Å². The smallest absolute Gasteiger partial charge is 0.314 e. The minimum absolute atomic E-state index is 0.147. The maximum Gasteiger partial charge on any atom is 0.314 e. The van der Waals surface area contributed by atoms with Gasteiger partial charge in [-0.05, 0) is 18.6 Å². The molecule has 5 nitrogen and oxygen atoms in total. The van der Waals surface area contributed by atoms with E-state index in [-0.39, 0.29) is 12.1 Å². The van der Waals surface area contributed by atoms with Crippen molar-refractivity contribution >= 4 is 6.03 Å². The second-order valence-electron chi connectivity index (χ2n) is 4.84. The molecule has 1 aromatic carbocycles. The van der Waals surface area contributed by atoms with Crippen LogP contribution >= 0.6 is 0 Å². The molecule has 1 heterocycles. The average Bonchev–Trinajstić information content (AvgIpc) is 2.49. The first kappa shape index (κ1) is 14.5. The average molecular weight is 278 g/mol. The number of unbranched alkanes of at least 4 members (excludes halogenated alkanes) is 2. The lowest BCUT2D eigenvalue weighted by Crippen LogP contribution is -2.44. The second kappa shape index (κ2) is 7.62. The lowest BCUT2D eigenvalue weighted by molar-refractivity contribution is 0.0918. The number of hydrogen-bond donors (Lipinski definition) is 2. The monoisotopic (exact) mass is 278 g/mol. The van der Waals surface area contributed by atoms with Crippen LogP contribution < -0.4 is 20.1 Å². The Kier molecular flexibility index (Phi) is 5.53. The van der Waals surface area contributed by atoms with Crippen molar-refractivity contribution in [1.82, 2.24) is 10.6 Å².